The number of piperazine rings is 1. The SMILES string of the molecule is COC(=O)C(=O)c1ccc(OCC(=O)N2CCN(c3ccccc3)CC2)cc1. The van der Waals surface area contributed by atoms with Crippen molar-refractivity contribution in [2.45, 2.75) is 0 Å². The lowest BCUT2D eigenvalue weighted by Crippen LogP contribution is -2.50. The van der Waals surface area contributed by atoms with Crippen LogP contribution in [-0.4, -0.2) is 62.5 Å². The van der Waals surface area contributed by atoms with Gasteiger partial charge >= 0.3 is 5.97 Å². The van der Waals surface area contributed by atoms with Crippen molar-refractivity contribution in [3.05, 3.63) is 60.2 Å². The monoisotopic (exact) mass is 382 g/mol. The maximum atomic E-state index is 12.4. The summed E-state index contributed by atoms with van der Waals surface area (Å²) in [7, 11) is 1.16. The van der Waals surface area contributed by atoms with Crippen LogP contribution in [-0.2, 0) is 14.3 Å². The van der Waals surface area contributed by atoms with Crippen molar-refractivity contribution in [3.8, 4) is 5.75 Å². The van der Waals surface area contributed by atoms with Crippen molar-refractivity contribution in [2.75, 3.05) is 44.8 Å². The number of Topliss-reactive ketones (excluding diaryl/α,β-unsaturated/α-hetero) is 1. The van der Waals surface area contributed by atoms with E-state index in [0.717, 1.165) is 25.9 Å². The van der Waals surface area contributed by atoms with E-state index in [-0.39, 0.29) is 18.1 Å². The average molecular weight is 382 g/mol. The first-order valence-electron chi connectivity index (χ1n) is 9.02. The lowest BCUT2D eigenvalue weighted by Gasteiger charge is -2.36. The van der Waals surface area contributed by atoms with E-state index in [2.05, 4.69) is 21.8 Å². The van der Waals surface area contributed by atoms with E-state index < -0.39 is 11.8 Å². The predicted octanol–water partition coefficient (Wildman–Crippen LogP) is 1.77. The Balaban J connectivity index is 1.47. The molecule has 0 aliphatic carbocycles. The summed E-state index contributed by atoms with van der Waals surface area (Å²) in [6, 6.07) is 16.2. The van der Waals surface area contributed by atoms with E-state index in [1.807, 2.05) is 18.2 Å². The van der Waals surface area contributed by atoms with Crippen LogP contribution < -0.4 is 9.64 Å². The maximum absolute atomic E-state index is 12.4. The summed E-state index contributed by atoms with van der Waals surface area (Å²) in [5.41, 5.74) is 1.37. The third kappa shape index (κ3) is 4.68. The highest BCUT2D eigenvalue weighted by Gasteiger charge is 2.21. The Bertz CT molecular complexity index is 828. The molecule has 0 unspecified atom stereocenters. The van der Waals surface area contributed by atoms with Crippen molar-refractivity contribution in [2.24, 2.45) is 0 Å². The third-order valence-electron chi connectivity index (χ3n) is 4.60. The molecule has 2 aromatic rings. The summed E-state index contributed by atoms with van der Waals surface area (Å²) >= 11 is 0. The number of carbonyl (C=O) groups excluding carboxylic acids is 3. The van der Waals surface area contributed by atoms with Crippen molar-refractivity contribution in [1.29, 1.82) is 0 Å². The van der Waals surface area contributed by atoms with Crippen LogP contribution in [0.15, 0.2) is 54.6 Å². The molecular formula is C21H22N2O5. The number of carbonyl (C=O) groups is 3. The van der Waals surface area contributed by atoms with E-state index in [1.165, 1.54) is 12.1 Å². The second-order valence-corrected chi connectivity index (χ2v) is 6.34. The maximum Gasteiger partial charge on any atom is 0.379 e. The molecule has 1 saturated heterocycles. The molecule has 2 aromatic carbocycles. The number of rotatable bonds is 6. The number of anilines is 1. The van der Waals surface area contributed by atoms with Gasteiger partial charge in [0, 0.05) is 37.4 Å². The normalized spacial score (nSPS) is 13.8. The van der Waals surface area contributed by atoms with Gasteiger partial charge in [-0.15, -0.1) is 0 Å². The minimum absolute atomic E-state index is 0.0738. The Morgan fingerprint density at radius 3 is 2.14 bits per heavy atom. The summed E-state index contributed by atoms with van der Waals surface area (Å²) < 4.78 is 9.93. The molecule has 0 saturated carbocycles. The van der Waals surface area contributed by atoms with Crippen molar-refractivity contribution in [1.82, 2.24) is 4.90 Å². The number of ether oxygens (including phenoxy) is 2. The van der Waals surface area contributed by atoms with Crippen LogP contribution in [0.4, 0.5) is 5.69 Å². The lowest BCUT2D eigenvalue weighted by molar-refractivity contribution is -0.135. The lowest BCUT2D eigenvalue weighted by atomic mass is 10.1. The van der Waals surface area contributed by atoms with Gasteiger partial charge in [-0.25, -0.2) is 4.79 Å². The summed E-state index contributed by atoms with van der Waals surface area (Å²) in [6.45, 7) is 2.77. The number of benzene rings is 2. The largest absolute Gasteiger partial charge is 0.484 e. The predicted molar refractivity (Wildman–Crippen MR) is 104 cm³/mol. The van der Waals surface area contributed by atoms with Gasteiger partial charge in [0.2, 0.25) is 0 Å². The number of hydrogen-bond acceptors (Lipinski definition) is 6. The number of nitrogens with zero attached hydrogens (tertiary/aromatic N) is 2. The first kappa shape index (κ1) is 19.4. The zero-order valence-electron chi connectivity index (χ0n) is 15.7. The van der Waals surface area contributed by atoms with E-state index in [0.29, 0.717) is 18.8 Å². The first-order chi connectivity index (χ1) is 13.6. The Kier molecular flexibility index (Phi) is 6.26. The summed E-state index contributed by atoms with van der Waals surface area (Å²) in [5, 5.41) is 0. The van der Waals surface area contributed by atoms with Gasteiger partial charge < -0.3 is 19.3 Å². The highest BCUT2D eigenvalue weighted by molar-refractivity contribution is 6.40. The average Bonchev–Trinajstić information content (AvgIpc) is 2.77. The second-order valence-electron chi connectivity index (χ2n) is 6.34. The minimum atomic E-state index is -0.918. The van der Waals surface area contributed by atoms with Gasteiger partial charge in [-0.3, -0.25) is 9.59 Å². The Morgan fingerprint density at radius 2 is 1.54 bits per heavy atom. The summed E-state index contributed by atoms with van der Waals surface area (Å²) in [5.74, 6) is -1.26. The van der Waals surface area contributed by atoms with Crippen molar-refractivity contribution in [3.63, 3.8) is 0 Å². The number of esters is 1. The van der Waals surface area contributed by atoms with Crippen LogP contribution in [0.2, 0.25) is 0 Å². The fraction of sp³-hybridized carbons (Fsp3) is 0.286. The van der Waals surface area contributed by atoms with Gasteiger partial charge in [-0.2, -0.15) is 0 Å². The molecule has 0 atom stereocenters. The minimum Gasteiger partial charge on any atom is -0.484 e. The molecule has 1 fully saturated rings. The van der Waals surface area contributed by atoms with E-state index in [9.17, 15) is 14.4 Å². The van der Waals surface area contributed by atoms with Crippen LogP contribution >= 0.6 is 0 Å². The Hall–Kier alpha value is -3.35. The molecule has 0 aromatic heterocycles. The van der Waals surface area contributed by atoms with Gasteiger partial charge in [0.15, 0.2) is 6.61 Å². The fourth-order valence-corrected chi connectivity index (χ4v) is 3.00. The third-order valence-corrected chi connectivity index (χ3v) is 4.60. The van der Waals surface area contributed by atoms with Crippen LogP contribution in [0.3, 0.4) is 0 Å². The quantitative estimate of drug-likeness (QED) is 0.431. The van der Waals surface area contributed by atoms with E-state index in [4.69, 9.17) is 4.74 Å². The van der Waals surface area contributed by atoms with Crippen LogP contribution in [0.5, 0.6) is 5.75 Å². The molecule has 1 aliphatic rings. The molecule has 0 radical (unpaired) electrons. The van der Waals surface area contributed by atoms with Crippen LogP contribution in [0, 0.1) is 0 Å². The van der Waals surface area contributed by atoms with Crippen LogP contribution in [0.25, 0.3) is 0 Å². The molecule has 28 heavy (non-hydrogen) atoms. The number of methoxy groups -OCH3 is 1. The molecule has 7 heteroatoms. The molecule has 7 nitrogen and oxygen atoms in total. The van der Waals surface area contributed by atoms with Crippen molar-refractivity contribution >= 4 is 23.3 Å². The Morgan fingerprint density at radius 1 is 0.893 bits per heavy atom. The number of amides is 1. The molecule has 0 spiro atoms. The standard InChI is InChI=1S/C21H22N2O5/c1-27-21(26)20(25)16-7-9-18(10-8-16)28-15-19(24)23-13-11-22(12-14-23)17-5-3-2-4-6-17/h2-10H,11-15H2,1H3. The molecule has 0 bridgehead atoms. The molecule has 3 rings (SSSR count). The summed E-state index contributed by atoms with van der Waals surface area (Å²) in [4.78, 5) is 39.4. The zero-order valence-corrected chi connectivity index (χ0v) is 15.7. The fourth-order valence-electron chi connectivity index (χ4n) is 3.00. The van der Waals surface area contributed by atoms with Crippen molar-refractivity contribution < 1.29 is 23.9 Å². The van der Waals surface area contributed by atoms with Gasteiger partial charge in [-0.1, -0.05) is 18.2 Å². The smallest absolute Gasteiger partial charge is 0.379 e. The zero-order chi connectivity index (χ0) is 19.9. The molecule has 1 amide bonds. The number of hydrogen-bond donors (Lipinski definition) is 0. The topological polar surface area (TPSA) is 76.2 Å². The molecule has 1 aliphatic heterocycles. The highest BCUT2D eigenvalue weighted by atomic mass is 16.5. The Labute approximate surface area is 163 Å². The van der Waals surface area contributed by atoms with E-state index >= 15 is 0 Å². The number of para-hydroxylation sites is 1. The van der Waals surface area contributed by atoms with Gasteiger partial charge in [-0.05, 0) is 36.4 Å². The molecular weight excluding hydrogens is 360 g/mol. The molecule has 146 valence electrons. The molecule has 0 N–H and O–H groups in total. The number of ketones is 1. The van der Waals surface area contributed by atoms with Gasteiger partial charge in [0.25, 0.3) is 11.7 Å². The van der Waals surface area contributed by atoms with E-state index in [1.54, 1.807) is 17.0 Å². The first-order valence-corrected chi connectivity index (χ1v) is 9.02. The van der Waals surface area contributed by atoms with Gasteiger partial charge in [0.05, 0.1) is 7.11 Å². The second kappa shape index (κ2) is 9.03. The summed E-state index contributed by atoms with van der Waals surface area (Å²) in [6.07, 6.45) is 0. The van der Waals surface area contributed by atoms with Gasteiger partial charge in [0.1, 0.15) is 5.75 Å². The molecule has 1 heterocycles. The highest BCUT2D eigenvalue weighted by Crippen LogP contribution is 2.16. The van der Waals surface area contributed by atoms with Crippen LogP contribution in [0.1, 0.15) is 10.4 Å².